The fourth-order valence-electron chi connectivity index (χ4n) is 2.67. The van der Waals surface area contributed by atoms with Gasteiger partial charge in [0.05, 0.1) is 16.8 Å². The Morgan fingerprint density at radius 1 is 1.15 bits per heavy atom. The molecule has 2 aromatic carbocycles. The molecule has 0 fully saturated rings. The monoisotopic (exact) mass is 382 g/mol. The number of nitrogens with zero attached hydrogens (tertiary/aromatic N) is 4. The van der Waals surface area contributed by atoms with Crippen LogP contribution in [0.3, 0.4) is 0 Å². The van der Waals surface area contributed by atoms with Crippen LogP contribution in [-0.2, 0) is 0 Å². The molecule has 0 spiro atoms. The van der Waals surface area contributed by atoms with Gasteiger partial charge in [0, 0.05) is 17.7 Å². The van der Waals surface area contributed by atoms with Crippen molar-refractivity contribution in [1.82, 2.24) is 14.8 Å². The number of thioether (sulfide) groups is 1. The number of benzene rings is 2. The van der Waals surface area contributed by atoms with Crippen LogP contribution in [0.25, 0.3) is 17.1 Å². The smallest absolute Gasteiger partial charge is 0.196 e. The maximum absolute atomic E-state index is 8.74. The van der Waals surface area contributed by atoms with Gasteiger partial charge in [-0.05, 0) is 49.6 Å². The number of nitriles is 1. The molecule has 0 aliphatic carbocycles. The van der Waals surface area contributed by atoms with E-state index in [-0.39, 0.29) is 0 Å². The van der Waals surface area contributed by atoms with Crippen LogP contribution in [0.1, 0.15) is 24.0 Å². The molecule has 0 unspecified atom stereocenters. The van der Waals surface area contributed by atoms with Crippen molar-refractivity contribution in [2.24, 2.45) is 0 Å². The fourth-order valence-corrected chi connectivity index (χ4v) is 3.78. The van der Waals surface area contributed by atoms with Crippen molar-refractivity contribution in [3.63, 3.8) is 0 Å². The van der Waals surface area contributed by atoms with Crippen LogP contribution in [0.4, 0.5) is 0 Å². The molecule has 0 atom stereocenters. The molecule has 6 heteroatoms. The normalized spacial score (nSPS) is 10.7. The first-order chi connectivity index (χ1) is 12.6. The highest BCUT2D eigenvalue weighted by Gasteiger charge is 2.19. The van der Waals surface area contributed by atoms with Gasteiger partial charge in [-0.3, -0.25) is 4.57 Å². The summed E-state index contributed by atoms with van der Waals surface area (Å²) in [5.41, 5.74) is 4.21. The van der Waals surface area contributed by atoms with Crippen LogP contribution in [-0.4, -0.2) is 20.5 Å². The molecule has 0 aliphatic rings. The van der Waals surface area contributed by atoms with Gasteiger partial charge >= 0.3 is 0 Å². The number of hydrogen-bond acceptors (Lipinski definition) is 4. The second kappa shape index (κ2) is 8.39. The lowest BCUT2D eigenvalue weighted by Gasteiger charge is -2.14. The van der Waals surface area contributed by atoms with E-state index in [0.717, 1.165) is 40.0 Å². The Hall–Kier alpha value is -2.29. The van der Waals surface area contributed by atoms with Crippen molar-refractivity contribution in [1.29, 1.82) is 5.26 Å². The maximum Gasteiger partial charge on any atom is 0.196 e. The van der Waals surface area contributed by atoms with Gasteiger partial charge in [-0.1, -0.05) is 47.6 Å². The Labute approximate surface area is 162 Å². The molecule has 1 heterocycles. The predicted molar refractivity (Wildman–Crippen MR) is 107 cm³/mol. The van der Waals surface area contributed by atoms with Crippen LogP contribution in [0.5, 0.6) is 0 Å². The zero-order valence-electron chi connectivity index (χ0n) is 14.7. The van der Waals surface area contributed by atoms with E-state index < -0.39 is 0 Å². The van der Waals surface area contributed by atoms with Gasteiger partial charge in [-0.15, -0.1) is 10.2 Å². The van der Waals surface area contributed by atoms with Crippen molar-refractivity contribution in [2.75, 3.05) is 5.75 Å². The van der Waals surface area contributed by atoms with E-state index in [1.54, 1.807) is 11.8 Å². The average Bonchev–Trinajstić information content (AvgIpc) is 3.04. The van der Waals surface area contributed by atoms with E-state index >= 15 is 0 Å². The summed E-state index contributed by atoms with van der Waals surface area (Å²) in [5, 5.41) is 19.0. The first-order valence-electron chi connectivity index (χ1n) is 8.39. The zero-order valence-corrected chi connectivity index (χ0v) is 16.3. The maximum atomic E-state index is 8.74. The molecule has 0 saturated carbocycles. The summed E-state index contributed by atoms with van der Waals surface area (Å²) >= 11 is 8.03. The Morgan fingerprint density at radius 2 is 1.96 bits per heavy atom. The molecule has 0 amide bonds. The third kappa shape index (κ3) is 3.92. The lowest BCUT2D eigenvalue weighted by Crippen LogP contribution is -2.03. The molecule has 1 aromatic heterocycles. The van der Waals surface area contributed by atoms with E-state index in [0.29, 0.717) is 11.4 Å². The molecule has 26 heavy (non-hydrogen) atoms. The van der Waals surface area contributed by atoms with Crippen LogP contribution in [0.2, 0.25) is 5.02 Å². The first-order valence-corrected chi connectivity index (χ1v) is 9.76. The number of aromatic nitrogens is 3. The Kier molecular flexibility index (Phi) is 5.97. The van der Waals surface area contributed by atoms with Crippen LogP contribution in [0.15, 0.2) is 47.6 Å². The number of unbranched alkanes of at least 4 members (excludes halogenated alkanes) is 1. The fraction of sp³-hybridized carbons (Fsp3) is 0.250. The summed E-state index contributed by atoms with van der Waals surface area (Å²) in [5.74, 6) is 1.55. The number of aryl methyl sites for hydroxylation is 2. The Morgan fingerprint density at radius 3 is 2.73 bits per heavy atom. The SMILES string of the molecule is Cc1ccc(C)c(-n2c(SCCCC#N)nnc2-c2ccccc2Cl)c1. The molecule has 3 rings (SSSR count). The van der Waals surface area contributed by atoms with Gasteiger partial charge in [0.15, 0.2) is 11.0 Å². The van der Waals surface area contributed by atoms with Crippen LogP contribution in [0, 0.1) is 25.2 Å². The van der Waals surface area contributed by atoms with Crippen molar-refractivity contribution < 1.29 is 0 Å². The molecular formula is C20H19ClN4S. The quantitative estimate of drug-likeness (QED) is 0.411. The molecule has 0 aliphatic heterocycles. The van der Waals surface area contributed by atoms with Gasteiger partial charge in [-0.25, -0.2) is 0 Å². The average molecular weight is 383 g/mol. The molecule has 0 saturated heterocycles. The highest BCUT2D eigenvalue weighted by atomic mass is 35.5. The largest absolute Gasteiger partial charge is 0.270 e. The summed E-state index contributed by atoms with van der Waals surface area (Å²) in [6.45, 7) is 4.15. The third-order valence-corrected chi connectivity index (χ3v) is 5.36. The number of rotatable bonds is 6. The summed E-state index contributed by atoms with van der Waals surface area (Å²) in [4.78, 5) is 0. The second-order valence-corrected chi connectivity index (χ2v) is 7.49. The molecule has 0 radical (unpaired) electrons. The lowest BCUT2D eigenvalue weighted by molar-refractivity contribution is 0.874. The van der Waals surface area contributed by atoms with Crippen molar-refractivity contribution in [3.05, 3.63) is 58.6 Å². The molecule has 4 nitrogen and oxygen atoms in total. The molecular weight excluding hydrogens is 364 g/mol. The van der Waals surface area contributed by atoms with Crippen LogP contribution < -0.4 is 0 Å². The molecule has 0 bridgehead atoms. The number of hydrogen-bond donors (Lipinski definition) is 0. The zero-order chi connectivity index (χ0) is 18.5. The Bertz CT molecular complexity index is 959. The van der Waals surface area contributed by atoms with E-state index in [1.165, 1.54) is 5.56 Å². The third-order valence-electron chi connectivity index (χ3n) is 4.02. The summed E-state index contributed by atoms with van der Waals surface area (Å²) < 4.78 is 2.07. The summed E-state index contributed by atoms with van der Waals surface area (Å²) in [6, 6.07) is 16.2. The van der Waals surface area contributed by atoms with Crippen LogP contribution >= 0.6 is 23.4 Å². The molecule has 0 N–H and O–H groups in total. The standard InChI is InChI=1S/C20H19ClN4S/c1-14-9-10-15(2)18(13-14)25-19(16-7-3-4-8-17(16)21)23-24-20(25)26-12-6-5-11-22/h3-4,7-10,13H,5-6,12H2,1-2H3. The lowest BCUT2D eigenvalue weighted by atomic mass is 10.1. The minimum Gasteiger partial charge on any atom is -0.270 e. The van der Waals surface area contributed by atoms with Gasteiger partial charge in [-0.2, -0.15) is 5.26 Å². The van der Waals surface area contributed by atoms with E-state index in [4.69, 9.17) is 16.9 Å². The van der Waals surface area contributed by atoms with E-state index in [1.807, 2.05) is 24.3 Å². The van der Waals surface area contributed by atoms with Gasteiger partial charge in [0.1, 0.15) is 0 Å². The second-order valence-electron chi connectivity index (χ2n) is 6.02. The first kappa shape index (κ1) is 18.5. The minimum atomic E-state index is 0.544. The topological polar surface area (TPSA) is 54.5 Å². The molecule has 132 valence electrons. The van der Waals surface area contributed by atoms with E-state index in [9.17, 15) is 0 Å². The highest BCUT2D eigenvalue weighted by Crippen LogP contribution is 2.33. The Balaban J connectivity index is 2.11. The molecule has 3 aromatic rings. The minimum absolute atomic E-state index is 0.544. The van der Waals surface area contributed by atoms with Gasteiger partial charge in [0.2, 0.25) is 0 Å². The summed E-state index contributed by atoms with van der Waals surface area (Å²) in [6.07, 6.45) is 1.37. The number of halogens is 1. The van der Waals surface area contributed by atoms with E-state index in [2.05, 4.69) is 52.9 Å². The summed E-state index contributed by atoms with van der Waals surface area (Å²) in [7, 11) is 0. The predicted octanol–water partition coefficient (Wildman–Crippen LogP) is 5.60. The highest BCUT2D eigenvalue weighted by molar-refractivity contribution is 7.99. The van der Waals surface area contributed by atoms with Crippen molar-refractivity contribution in [2.45, 2.75) is 31.8 Å². The van der Waals surface area contributed by atoms with Crippen molar-refractivity contribution in [3.8, 4) is 23.1 Å². The van der Waals surface area contributed by atoms with Gasteiger partial charge in [0.25, 0.3) is 0 Å². The van der Waals surface area contributed by atoms with Gasteiger partial charge < -0.3 is 0 Å². The van der Waals surface area contributed by atoms with Crippen molar-refractivity contribution >= 4 is 23.4 Å².